The molecule has 2 unspecified atom stereocenters. The highest BCUT2D eigenvalue weighted by Gasteiger charge is 2.53. The zero-order valence-corrected chi connectivity index (χ0v) is 21.8. The van der Waals surface area contributed by atoms with Crippen LogP contribution in [-0.2, 0) is 15.0 Å². The van der Waals surface area contributed by atoms with Gasteiger partial charge in [0, 0.05) is 31.3 Å². The number of carbonyl (C=O) groups excluding carboxylic acids is 2. The topological polar surface area (TPSA) is 78.9 Å². The van der Waals surface area contributed by atoms with Gasteiger partial charge in [0.25, 0.3) is 5.91 Å². The number of amides is 1. The number of hydrogen-bond acceptors (Lipinski definition) is 5. The number of alkyl halides is 3. The molecule has 6 nitrogen and oxygen atoms in total. The second-order valence-corrected chi connectivity index (χ2v) is 10.2. The maximum absolute atomic E-state index is 14.0. The van der Waals surface area contributed by atoms with E-state index in [1.807, 2.05) is 11.0 Å². The maximum Gasteiger partial charge on any atom is 0.421 e. The first-order valence-corrected chi connectivity index (χ1v) is 13.0. The van der Waals surface area contributed by atoms with Gasteiger partial charge < -0.3 is 15.2 Å². The van der Waals surface area contributed by atoms with E-state index in [1.54, 1.807) is 42.5 Å². The number of piperidine rings is 1. The number of nitrogens with one attached hydrogen (secondary N) is 1. The number of rotatable bonds is 7. The molecule has 4 rings (SSSR count). The van der Waals surface area contributed by atoms with Gasteiger partial charge in [0.1, 0.15) is 11.3 Å². The fraction of sp³-hybridized carbons (Fsp3) is 0.400. The van der Waals surface area contributed by atoms with Crippen molar-refractivity contribution >= 4 is 18.0 Å². The first-order valence-electron chi connectivity index (χ1n) is 13.0. The SMILES string of the molecule is C=CCN1CC2C(O)CCC[C@@]2(c2cccc(OC(C)=O)c2)C[C@H]1NC(=O)C(=Cc1ccccc1)C(F)(F)F. The van der Waals surface area contributed by atoms with Crippen molar-refractivity contribution in [1.29, 1.82) is 0 Å². The summed E-state index contributed by atoms with van der Waals surface area (Å²) in [4.78, 5) is 26.6. The molecular weight excluding hydrogens is 509 g/mol. The number of nitrogens with zero attached hydrogens (tertiary/aromatic N) is 1. The van der Waals surface area contributed by atoms with Gasteiger partial charge in [-0.2, -0.15) is 13.2 Å². The molecule has 39 heavy (non-hydrogen) atoms. The van der Waals surface area contributed by atoms with Crippen LogP contribution < -0.4 is 10.1 Å². The Labute approximate surface area is 226 Å². The Morgan fingerprint density at radius 1 is 1.21 bits per heavy atom. The number of aliphatic hydroxyl groups is 1. The first-order chi connectivity index (χ1) is 18.5. The second-order valence-electron chi connectivity index (χ2n) is 10.2. The van der Waals surface area contributed by atoms with Gasteiger partial charge in [-0.15, -0.1) is 6.58 Å². The summed E-state index contributed by atoms with van der Waals surface area (Å²) in [5.41, 5.74) is -0.853. The molecular formula is C30H33F3N2O4. The molecule has 1 saturated heterocycles. The van der Waals surface area contributed by atoms with E-state index in [9.17, 15) is 27.9 Å². The monoisotopic (exact) mass is 542 g/mol. The van der Waals surface area contributed by atoms with Crippen LogP contribution in [0.3, 0.4) is 0 Å². The molecule has 2 aromatic rings. The number of carbonyl (C=O) groups is 2. The molecule has 0 aromatic heterocycles. The maximum atomic E-state index is 14.0. The van der Waals surface area contributed by atoms with Crippen molar-refractivity contribution < 1.29 is 32.6 Å². The van der Waals surface area contributed by atoms with Gasteiger partial charge in [0.15, 0.2) is 0 Å². The third-order valence-electron chi connectivity index (χ3n) is 7.72. The van der Waals surface area contributed by atoms with Crippen LogP contribution in [0, 0.1) is 5.92 Å². The summed E-state index contributed by atoms with van der Waals surface area (Å²) in [5, 5.41) is 13.7. The first kappa shape index (κ1) is 28.6. The van der Waals surface area contributed by atoms with Gasteiger partial charge in [0.2, 0.25) is 0 Å². The van der Waals surface area contributed by atoms with Crippen molar-refractivity contribution in [3.63, 3.8) is 0 Å². The summed E-state index contributed by atoms with van der Waals surface area (Å²) in [6.45, 7) is 5.75. The molecule has 2 N–H and O–H groups in total. The lowest BCUT2D eigenvalue weighted by Gasteiger charge is -2.55. The Bertz CT molecular complexity index is 1230. The molecule has 0 bridgehead atoms. The van der Waals surface area contributed by atoms with E-state index >= 15 is 0 Å². The van der Waals surface area contributed by atoms with Crippen LogP contribution in [0.15, 0.2) is 72.8 Å². The summed E-state index contributed by atoms with van der Waals surface area (Å²) in [7, 11) is 0. The number of likely N-dealkylation sites (tertiary alicyclic amines) is 1. The molecule has 1 saturated carbocycles. The highest BCUT2D eigenvalue weighted by atomic mass is 19.4. The Kier molecular flexibility index (Phi) is 8.61. The predicted molar refractivity (Wildman–Crippen MR) is 142 cm³/mol. The number of ether oxygens (including phenoxy) is 1. The van der Waals surface area contributed by atoms with Crippen LogP contribution in [0.5, 0.6) is 5.75 Å². The smallest absolute Gasteiger partial charge is 0.421 e. The van der Waals surface area contributed by atoms with Crippen molar-refractivity contribution in [2.45, 2.75) is 56.5 Å². The lowest BCUT2D eigenvalue weighted by Crippen LogP contribution is -2.64. The highest BCUT2D eigenvalue weighted by molar-refractivity contribution is 5.99. The minimum atomic E-state index is -4.86. The normalized spacial score (nSPS) is 25.9. The molecule has 1 amide bonds. The highest BCUT2D eigenvalue weighted by Crippen LogP contribution is 2.51. The molecule has 2 aromatic carbocycles. The van der Waals surface area contributed by atoms with Gasteiger partial charge in [-0.25, -0.2) is 0 Å². The van der Waals surface area contributed by atoms with E-state index < -0.39 is 41.3 Å². The quantitative estimate of drug-likeness (QED) is 0.223. The molecule has 0 spiro atoms. The van der Waals surface area contributed by atoms with Gasteiger partial charge in [-0.3, -0.25) is 14.5 Å². The molecule has 4 atom stereocenters. The second kappa shape index (κ2) is 11.8. The van der Waals surface area contributed by atoms with E-state index in [-0.39, 0.29) is 17.9 Å². The molecule has 2 fully saturated rings. The standard InChI is InChI=1S/C30H33F3N2O4/c1-3-15-35-19-25-26(37)13-8-14-29(25,22-11-7-12-23(17-22)39-20(2)36)18-27(35)34-28(38)24(30(31,32)33)16-21-9-5-4-6-10-21/h3-7,9-12,16-17,25-27,37H,1,8,13-15,18-19H2,2H3,(H,34,38)/t25?,26?,27-,29-/m0/s1. The van der Waals surface area contributed by atoms with Crippen molar-refractivity contribution in [2.75, 3.05) is 13.1 Å². The molecule has 1 aliphatic carbocycles. The van der Waals surface area contributed by atoms with Gasteiger partial charge in [-0.1, -0.05) is 48.5 Å². The summed E-state index contributed by atoms with van der Waals surface area (Å²) in [5.74, 6) is -1.58. The van der Waals surface area contributed by atoms with Crippen LogP contribution in [0.25, 0.3) is 6.08 Å². The van der Waals surface area contributed by atoms with Crippen molar-refractivity contribution in [3.05, 3.63) is 84.0 Å². The molecule has 1 heterocycles. The van der Waals surface area contributed by atoms with Crippen LogP contribution in [0.2, 0.25) is 0 Å². The van der Waals surface area contributed by atoms with Crippen molar-refractivity contribution in [3.8, 4) is 5.75 Å². The van der Waals surface area contributed by atoms with E-state index in [0.717, 1.165) is 11.6 Å². The summed E-state index contributed by atoms with van der Waals surface area (Å²) in [6.07, 6.45) is -1.52. The Hall–Kier alpha value is -3.43. The number of hydrogen-bond donors (Lipinski definition) is 2. The number of halogens is 3. The van der Waals surface area contributed by atoms with E-state index in [1.165, 1.54) is 19.1 Å². The third-order valence-corrected chi connectivity index (χ3v) is 7.72. The van der Waals surface area contributed by atoms with E-state index in [4.69, 9.17) is 4.74 Å². The Morgan fingerprint density at radius 3 is 2.62 bits per heavy atom. The molecule has 9 heteroatoms. The lowest BCUT2D eigenvalue weighted by atomic mass is 9.57. The van der Waals surface area contributed by atoms with E-state index in [2.05, 4.69) is 11.9 Å². The largest absolute Gasteiger partial charge is 0.427 e. The number of esters is 1. The minimum absolute atomic E-state index is 0.242. The number of aliphatic hydroxyl groups excluding tert-OH is 1. The third kappa shape index (κ3) is 6.42. The molecule has 1 aliphatic heterocycles. The van der Waals surface area contributed by atoms with Crippen LogP contribution in [-0.4, -0.2) is 53.4 Å². The van der Waals surface area contributed by atoms with Crippen LogP contribution in [0.1, 0.15) is 43.7 Å². The number of benzene rings is 2. The molecule has 2 aliphatic rings. The Morgan fingerprint density at radius 2 is 1.95 bits per heavy atom. The predicted octanol–water partition coefficient (Wildman–Crippen LogP) is 4.99. The average Bonchev–Trinajstić information content (AvgIpc) is 2.88. The van der Waals surface area contributed by atoms with Gasteiger partial charge in [-0.05, 0) is 55.0 Å². The van der Waals surface area contributed by atoms with Crippen molar-refractivity contribution in [2.24, 2.45) is 5.92 Å². The summed E-state index contributed by atoms with van der Waals surface area (Å²) < 4.78 is 47.4. The Balaban J connectivity index is 1.71. The minimum Gasteiger partial charge on any atom is -0.427 e. The zero-order valence-electron chi connectivity index (χ0n) is 21.8. The van der Waals surface area contributed by atoms with Crippen LogP contribution >= 0.6 is 0 Å². The fourth-order valence-corrected chi connectivity index (χ4v) is 6.03. The fourth-order valence-electron chi connectivity index (χ4n) is 6.03. The average molecular weight is 543 g/mol. The van der Waals surface area contributed by atoms with Gasteiger partial charge >= 0.3 is 12.1 Å². The van der Waals surface area contributed by atoms with E-state index in [0.29, 0.717) is 38.1 Å². The molecule has 0 radical (unpaired) electrons. The summed E-state index contributed by atoms with van der Waals surface area (Å²) >= 11 is 0. The zero-order chi connectivity index (χ0) is 28.2. The lowest BCUT2D eigenvalue weighted by molar-refractivity contribution is -0.134. The van der Waals surface area contributed by atoms with Crippen molar-refractivity contribution in [1.82, 2.24) is 10.2 Å². The van der Waals surface area contributed by atoms with Crippen LogP contribution in [0.4, 0.5) is 13.2 Å². The summed E-state index contributed by atoms with van der Waals surface area (Å²) in [6, 6.07) is 15.0. The van der Waals surface area contributed by atoms with Gasteiger partial charge in [0.05, 0.1) is 12.3 Å². The number of fused-ring (bicyclic) bond motifs is 1. The molecule has 208 valence electrons.